The number of nitrogen functional groups attached to an aromatic ring is 1. The summed E-state index contributed by atoms with van der Waals surface area (Å²) in [5.74, 6) is 3.78. The normalized spacial score (nSPS) is 13.2. The van der Waals surface area contributed by atoms with Gasteiger partial charge in [-0.15, -0.1) is 0 Å². The summed E-state index contributed by atoms with van der Waals surface area (Å²) in [6.45, 7) is 12.1. The van der Waals surface area contributed by atoms with Crippen molar-refractivity contribution < 1.29 is 4.42 Å². The van der Waals surface area contributed by atoms with E-state index < -0.39 is 0 Å². The number of nitrogens with two attached hydrogens (primary N) is 1. The molecule has 2 aromatic rings. The average molecular weight is 288 g/mol. The fourth-order valence-electron chi connectivity index (χ4n) is 1.97. The number of nitrogens with zero attached hydrogens (tertiary/aromatic N) is 2. The predicted octanol–water partition coefficient (Wildman–Crippen LogP) is 3.74. The SMILES string of the molecule is Cc1ccc(C(C)Nc2nc(C(C)(C)C)nc(N)c2C)o1. The molecule has 0 radical (unpaired) electrons. The summed E-state index contributed by atoms with van der Waals surface area (Å²) < 4.78 is 5.65. The third-order valence-electron chi connectivity index (χ3n) is 3.40. The zero-order valence-electron chi connectivity index (χ0n) is 13.6. The lowest BCUT2D eigenvalue weighted by atomic mass is 9.95. The first-order valence-electron chi connectivity index (χ1n) is 7.16. The number of hydrogen-bond acceptors (Lipinski definition) is 5. The summed E-state index contributed by atoms with van der Waals surface area (Å²) in [7, 11) is 0. The van der Waals surface area contributed by atoms with Crippen molar-refractivity contribution in [3.8, 4) is 0 Å². The highest BCUT2D eigenvalue weighted by Gasteiger charge is 2.21. The van der Waals surface area contributed by atoms with E-state index in [0.29, 0.717) is 5.82 Å². The third-order valence-corrected chi connectivity index (χ3v) is 3.40. The van der Waals surface area contributed by atoms with Crippen LogP contribution in [0, 0.1) is 13.8 Å². The highest BCUT2D eigenvalue weighted by molar-refractivity contribution is 5.55. The minimum Gasteiger partial charge on any atom is -0.464 e. The van der Waals surface area contributed by atoms with Crippen LogP contribution in [-0.4, -0.2) is 9.97 Å². The third kappa shape index (κ3) is 3.35. The van der Waals surface area contributed by atoms with Gasteiger partial charge in [0.1, 0.15) is 29.0 Å². The molecule has 0 saturated carbocycles. The van der Waals surface area contributed by atoms with E-state index in [0.717, 1.165) is 28.7 Å². The molecule has 0 spiro atoms. The predicted molar refractivity (Wildman–Crippen MR) is 85.4 cm³/mol. The summed E-state index contributed by atoms with van der Waals surface area (Å²) in [4.78, 5) is 9.02. The van der Waals surface area contributed by atoms with Crippen LogP contribution < -0.4 is 11.1 Å². The Kier molecular flexibility index (Phi) is 3.94. The summed E-state index contributed by atoms with van der Waals surface area (Å²) in [6.07, 6.45) is 0. The van der Waals surface area contributed by atoms with Crippen LogP contribution in [0.5, 0.6) is 0 Å². The number of hydrogen-bond donors (Lipinski definition) is 2. The van der Waals surface area contributed by atoms with Crippen LogP contribution in [0.15, 0.2) is 16.5 Å². The molecule has 1 atom stereocenters. The minimum absolute atomic E-state index is 0.0134. The van der Waals surface area contributed by atoms with E-state index in [-0.39, 0.29) is 11.5 Å². The first kappa shape index (κ1) is 15.4. The Morgan fingerprint density at radius 2 is 1.86 bits per heavy atom. The number of aromatic nitrogens is 2. The molecular weight excluding hydrogens is 264 g/mol. The van der Waals surface area contributed by atoms with Gasteiger partial charge in [-0.05, 0) is 32.9 Å². The maximum atomic E-state index is 6.02. The van der Waals surface area contributed by atoms with Crippen LogP contribution >= 0.6 is 0 Å². The Bertz CT molecular complexity index is 640. The van der Waals surface area contributed by atoms with E-state index >= 15 is 0 Å². The highest BCUT2D eigenvalue weighted by Crippen LogP contribution is 2.27. The Balaban J connectivity index is 2.33. The van der Waals surface area contributed by atoms with Gasteiger partial charge in [-0.1, -0.05) is 20.8 Å². The zero-order chi connectivity index (χ0) is 15.8. The zero-order valence-corrected chi connectivity index (χ0v) is 13.6. The van der Waals surface area contributed by atoms with Crippen molar-refractivity contribution in [2.75, 3.05) is 11.1 Å². The molecule has 1 unspecified atom stereocenters. The second-order valence-electron chi connectivity index (χ2n) is 6.47. The van der Waals surface area contributed by atoms with Crippen molar-refractivity contribution in [3.63, 3.8) is 0 Å². The summed E-state index contributed by atoms with van der Waals surface area (Å²) in [5, 5.41) is 3.37. The van der Waals surface area contributed by atoms with Crippen LogP contribution in [0.25, 0.3) is 0 Å². The summed E-state index contributed by atoms with van der Waals surface area (Å²) >= 11 is 0. The van der Waals surface area contributed by atoms with Crippen LogP contribution in [0.1, 0.15) is 56.6 Å². The highest BCUT2D eigenvalue weighted by atomic mass is 16.3. The molecular formula is C16H24N4O. The number of anilines is 2. The Morgan fingerprint density at radius 3 is 2.38 bits per heavy atom. The van der Waals surface area contributed by atoms with E-state index in [1.54, 1.807) is 0 Å². The van der Waals surface area contributed by atoms with E-state index in [2.05, 4.69) is 36.1 Å². The van der Waals surface area contributed by atoms with E-state index in [1.807, 2.05) is 32.9 Å². The first-order chi connectivity index (χ1) is 9.68. The van der Waals surface area contributed by atoms with Gasteiger partial charge in [0, 0.05) is 11.0 Å². The molecule has 2 rings (SSSR count). The van der Waals surface area contributed by atoms with Gasteiger partial charge in [-0.2, -0.15) is 0 Å². The van der Waals surface area contributed by atoms with Gasteiger partial charge in [0.2, 0.25) is 0 Å². The van der Waals surface area contributed by atoms with E-state index in [1.165, 1.54) is 0 Å². The van der Waals surface area contributed by atoms with Gasteiger partial charge in [-0.3, -0.25) is 0 Å². The second kappa shape index (κ2) is 5.39. The standard InChI is InChI=1S/C16H24N4O/c1-9-7-8-12(21-9)11(3)18-14-10(2)13(17)19-15(20-14)16(4,5)6/h7-8,11H,1-6H3,(H3,17,18,19,20). The lowest BCUT2D eigenvalue weighted by molar-refractivity contribution is 0.466. The summed E-state index contributed by atoms with van der Waals surface area (Å²) in [6, 6.07) is 3.94. The van der Waals surface area contributed by atoms with Crippen molar-refractivity contribution in [1.82, 2.24) is 9.97 Å². The van der Waals surface area contributed by atoms with Gasteiger partial charge in [0.15, 0.2) is 0 Å². The van der Waals surface area contributed by atoms with Crippen molar-refractivity contribution in [3.05, 3.63) is 35.0 Å². The van der Waals surface area contributed by atoms with Gasteiger partial charge in [0.25, 0.3) is 0 Å². The van der Waals surface area contributed by atoms with Gasteiger partial charge in [0.05, 0.1) is 6.04 Å². The van der Waals surface area contributed by atoms with Gasteiger partial charge in [-0.25, -0.2) is 9.97 Å². The van der Waals surface area contributed by atoms with Crippen LogP contribution in [0.3, 0.4) is 0 Å². The maximum Gasteiger partial charge on any atom is 0.138 e. The molecule has 0 fully saturated rings. The van der Waals surface area contributed by atoms with Crippen LogP contribution in [-0.2, 0) is 5.41 Å². The van der Waals surface area contributed by atoms with Gasteiger partial charge >= 0.3 is 0 Å². The van der Waals surface area contributed by atoms with Crippen molar-refractivity contribution in [2.45, 2.75) is 53.0 Å². The molecule has 0 saturated heterocycles. The molecule has 5 heteroatoms. The van der Waals surface area contributed by atoms with Crippen molar-refractivity contribution >= 4 is 11.6 Å². The number of nitrogens with one attached hydrogen (secondary N) is 1. The van der Waals surface area contributed by atoms with Gasteiger partial charge < -0.3 is 15.5 Å². The summed E-state index contributed by atoms with van der Waals surface area (Å²) in [5.41, 5.74) is 6.73. The molecule has 2 heterocycles. The minimum atomic E-state index is -0.150. The number of aryl methyl sites for hydroxylation is 1. The largest absolute Gasteiger partial charge is 0.464 e. The molecule has 0 aliphatic heterocycles. The molecule has 0 amide bonds. The Labute approximate surface area is 126 Å². The molecule has 0 aliphatic carbocycles. The average Bonchev–Trinajstić information content (AvgIpc) is 2.80. The van der Waals surface area contributed by atoms with E-state index in [9.17, 15) is 0 Å². The van der Waals surface area contributed by atoms with Crippen LogP contribution in [0.2, 0.25) is 0 Å². The molecule has 0 bridgehead atoms. The van der Waals surface area contributed by atoms with Crippen molar-refractivity contribution in [1.29, 1.82) is 0 Å². The quantitative estimate of drug-likeness (QED) is 0.899. The fraction of sp³-hybridized carbons (Fsp3) is 0.500. The van der Waals surface area contributed by atoms with Crippen LogP contribution in [0.4, 0.5) is 11.6 Å². The van der Waals surface area contributed by atoms with E-state index in [4.69, 9.17) is 10.2 Å². The Morgan fingerprint density at radius 1 is 1.19 bits per heavy atom. The molecule has 21 heavy (non-hydrogen) atoms. The second-order valence-corrected chi connectivity index (χ2v) is 6.47. The smallest absolute Gasteiger partial charge is 0.138 e. The Hall–Kier alpha value is -2.04. The lowest BCUT2D eigenvalue weighted by Crippen LogP contribution is -2.20. The number of furan rings is 1. The first-order valence-corrected chi connectivity index (χ1v) is 7.16. The molecule has 114 valence electrons. The maximum absolute atomic E-state index is 6.02. The molecule has 3 N–H and O–H groups in total. The monoisotopic (exact) mass is 288 g/mol. The number of rotatable bonds is 3. The molecule has 5 nitrogen and oxygen atoms in total. The molecule has 0 aromatic carbocycles. The molecule has 2 aromatic heterocycles. The lowest BCUT2D eigenvalue weighted by Gasteiger charge is -2.21. The fourth-order valence-corrected chi connectivity index (χ4v) is 1.97. The van der Waals surface area contributed by atoms with Crippen molar-refractivity contribution in [2.24, 2.45) is 0 Å². The topological polar surface area (TPSA) is 77.0 Å². The molecule has 0 aliphatic rings.